The highest BCUT2D eigenvalue weighted by Crippen LogP contribution is 2.26. The predicted octanol–water partition coefficient (Wildman–Crippen LogP) is 2.63. The molecule has 1 aromatic heterocycles. The van der Waals surface area contributed by atoms with Crippen molar-refractivity contribution in [2.24, 2.45) is 17.8 Å². The van der Waals surface area contributed by atoms with Crippen molar-refractivity contribution in [1.29, 1.82) is 0 Å². The Bertz CT molecular complexity index is 726. The van der Waals surface area contributed by atoms with Crippen molar-refractivity contribution in [3.8, 4) is 0 Å². The Morgan fingerprint density at radius 2 is 2.00 bits per heavy atom. The van der Waals surface area contributed by atoms with E-state index in [4.69, 9.17) is 0 Å². The van der Waals surface area contributed by atoms with E-state index < -0.39 is 10.0 Å². The highest BCUT2D eigenvalue weighted by atomic mass is 32.2. The maximum Gasteiger partial charge on any atom is 0.252 e. The molecule has 3 heterocycles. The summed E-state index contributed by atoms with van der Waals surface area (Å²) in [4.78, 5) is 15.1. The van der Waals surface area contributed by atoms with Gasteiger partial charge >= 0.3 is 0 Å². The number of rotatable bonds is 7. The average Bonchev–Trinajstić information content (AvgIpc) is 3.20. The molecule has 2 aliphatic heterocycles. The molecule has 3 rings (SSSR count). The highest BCUT2D eigenvalue weighted by Gasteiger charge is 2.33. The van der Waals surface area contributed by atoms with E-state index in [9.17, 15) is 13.2 Å². The fourth-order valence-electron chi connectivity index (χ4n) is 4.55. The van der Waals surface area contributed by atoms with Crippen molar-refractivity contribution in [1.82, 2.24) is 14.5 Å². The quantitative estimate of drug-likeness (QED) is 0.679. The number of hydrogen-bond donors (Lipinski definition) is 1. The summed E-state index contributed by atoms with van der Waals surface area (Å²) in [6, 6.07) is 3.38. The third kappa shape index (κ3) is 5.55. The van der Waals surface area contributed by atoms with Crippen molar-refractivity contribution >= 4 is 27.3 Å². The zero-order valence-corrected chi connectivity index (χ0v) is 18.6. The number of carbonyl (C=O) groups excluding carboxylic acids is 1. The molecule has 2 saturated heterocycles. The van der Waals surface area contributed by atoms with Crippen LogP contribution in [0, 0.1) is 17.8 Å². The summed E-state index contributed by atoms with van der Waals surface area (Å²) in [5.74, 6) is 1.23. The standard InChI is InChI=1S/C20H33N3O3S2/c1-16-12-17(2)14-22(13-16)9-5-8-21-20(24)18-6-3-10-23(15-18)28(25,26)19-7-4-11-27-19/h4,7,11,16-18H,3,5-6,8-10,12-15H2,1-2H3,(H,21,24)/t16-,17-,18-/m1/s1. The van der Waals surface area contributed by atoms with Gasteiger partial charge in [-0.2, -0.15) is 4.31 Å². The van der Waals surface area contributed by atoms with Crippen molar-refractivity contribution in [2.45, 2.75) is 43.7 Å². The molecule has 1 amide bonds. The first-order valence-electron chi connectivity index (χ1n) is 10.4. The number of carbonyl (C=O) groups is 1. The molecular weight excluding hydrogens is 394 g/mol. The fourth-order valence-corrected chi connectivity index (χ4v) is 7.21. The van der Waals surface area contributed by atoms with E-state index >= 15 is 0 Å². The molecule has 8 heteroatoms. The molecular formula is C20H33N3O3S2. The summed E-state index contributed by atoms with van der Waals surface area (Å²) < 4.78 is 27.2. The van der Waals surface area contributed by atoms with Crippen molar-refractivity contribution in [3.63, 3.8) is 0 Å². The molecule has 6 nitrogen and oxygen atoms in total. The van der Waals surface area contributed by atoms with Gasteiger partial charge in [0.2, 0.25) is 5.91 Å². The Morgan fingerprint density at radius 3 is 2.68 bits per heavy atom. The lowest BCUT2D eigenvalue weighted by Crippen LogP contribution is -2.45. The number of piperidine rings is 2. The van der Waals surface area contributed by atoms with E-state index in [-0.39, 0.29) is 18.4 Å². The number of likely N-dealkylation sites (tertiary alicyclic amines) is 1. The van der Waals surface area contributed by atoms with Crippen LogP contribution in [-0.4, -0.2) is 62.8 Å². The molecule has 28 heavy (non-hydrogen) atoms. The van der Waals surface area contributed by atoms with Gasteiger partial charge in [-0.1, -0.05) is 19.9 Å². The first-order valence-corrected chi connectivity index (χ1v) is 12.7. The van der Waals surface area contributed by atoms with E-state index in [0.717, 1.165) is 50.7 Å². The molecule has 0 bridgehead atoms. The second kappa shape index (κ2) is 9.69. The highest BCUT2D eigenvalue weighted by molar-refractivity contribution is 7.91. The zero-order valence-electron chi connectivity index (χ0n) is 17.0. The normalized spacial score (nSPS) is 27.6. The third-order valence-electron chi connectivity index (χ3n) is 5.74. The van der Waals surface area contributed by atoms with Crippen molar-refractivity contribution < 1.29 is 13.2 Å². The second-order valence-corrected chi connectivity index (χ2v) is 11.6. The minimum atomic E-state index is -3.47. The molecule has 1 aromatic rings. The van der Waals surface area contributed by atoms with Gasteiger partial charge in [-0.05, 0) is 55.5 Å². The maximum atomic E-state index is 12.7. The van der Waals surface area contributed by atoms with Crippen LogP contribution in [0.25, 0.3) is 0 Å². The molecule has 0 saturated carbocycles. The van der Waals surface area contributed by atoms with E-state index in [0.29, 0.717) is 17.3 Å². The first kappa shape index (κ1) is 21.7. The molecule has 0 radical (unpaired) electrons. The zero-order chi connectivity index (χ0) is 20.1. The second-order valence-electron chi connectivity index (χ2n) is 8.48. The largest absolute Gasteiger partial charge is 0.356 e. The lowest BCUT2D eigenvalue weighted by atomic mass is 9.92. The van der Waals surface area contributed by atoms with Gasteiger partial charge in [-0.3, -0.25) is 4.79 Å². The van der Waals surface area contributed by atoms with Gasteiger partial charge in [0.05, 0.1) is 5.92 Å². The van der Waals surface area contributed by atoms with Crippen LogP contribution in [-0.2, 0) is 14.8 Å². The van der Waals surface area contributed by atoms with E-state index in [1.54, 1.807) is 17.5 Å². The molecule has 3 atom stereocenters. The molecule has 0 spiro atoms. The summed E-state index contributed by atoms with van der Waals surface area (Å²) in [6.07, 6.45) is 3.73. The smallest absolute Gasteiger partial charge is 0.252 e. The van der Waals surface area contributed by atoms with E-state index in [2.05, 4.69) is 24.1 Å². The van der Waals surface area contributed by atoms with Crippen molar-refractivity contribution in [2.75, 3.05) is 39.3 Å². The lowest BCUT2D eigenvalue weighted by molar-refractivity contribution is -0.126. The molecule has 1 N–H and O–H groups in total. The number of nitrogens with one attached hydrogen (secondary N) is 1. The van der Waals surface area contributed by atoms with Crippen LogP contribution in [0.4, 0.5) is 0 Å². The number of amides is 1. The Hall–Kier alpha value is -0.960. The summed E-state index contributed by atoms with van der Waals surface area (Å²) in [5, 5.41) is 4.81. The Labute approximate surface area is 173 Å². The van der Waals surface area contributed by atoms with Gasteiger partial charge in [0, 0.05) is 32.7 Å². The third-order valence-corrected chi connectivity index (χ3v) is 8.98. The minimum absolute atomic E-state index is 0.00791. The van der Waals surface area contributed by atoms with E-state index in [1.807, 2.05) is 0 Å². The number of thiophene rings is 1. The number of sulfonamides is 1. The molecule has 0 unspecified atom stereocenters. The maximum absolute atomic E-state index is 12.7. The van der Waals surface area contributed by atoms with Gasteiger partial charge in [-0.15, -0.1) is 11.3 Å². The van der Waals surface area contributed by atoms with Gasteiger partial charge in [0.15, 0.2) is 0 Å². The summed E-state index contributed by atoms with van der Waals surface area (Å²) in [5.41, 5.74) is 0. The summed E-state index contributed by atoms with van der Waals surface area (Å²) >= 11 is 1.23. The lowest BCUT2D eigenvalue weighted by Gasteiger charge is -2.35. The molecule has 2 aliphatic rings. The van der Waals surface area contributed by atoms with Crippen LogP contribution in [0.2, 0.25) is 0 Å². The van der Waals surface area contributed by atoms with E-state index in [1.165, 1.54) is 22.1 Å². The average molecular weight is 428 g/mol. The molecule has 0 aromatic carbocycles. The Balaban J connectivity index is 1.43. The van der Waals surface area contributed by atoms with Gasteiger partial charge < -0.3 is 10.2 Å². The van der Waals surface area contributed by atoms with Crippen LogP contribution in [0.1, 0.15) is 39.5 Å². The summed E-state index contributed by atoms with van der Waals surface area (Å²) in [6.45, 7) is 9.37. The van der Waals surface area contributed by atoms with Gasteiger partial charge in [0.25, 0.3) is 10.0 Å². The van der Waals surface area contributed by atoms with Gasteiger partial charge in [0.1, 0.15) is 4.21 Å². The number of hydrogen-bond acceptors (Lipinski definition) is 5. The summed E-state index contributed by atoms with van der Waals surface area (Å²) in [7, 11) is -3.47. The Kier molecular flexibility index (Phi) is 7.53. The van der Waals surface area contributed by atoms with Crippen LogP contribution in [0.3, 0.4) is 0 Å². The van der Waals surface area contributed by atoms with Crippen LogP contribution in [0.5, 0.6) is 0 Å². The molecule has 0 aliphatic carbocycles. The van der Waals surface area contributed by atoms with Crippen LogP contribution in [0.15, 0.2) is 21.7 Å². The topological polar surface area (TPSA) is 69.7 Å². The Morgan fingerprint density at radius 1 is 1.25 bits per heavy atom. The first-order chi connectivity index (χ1) is 13.4. The number of nitrogens with zero attached hydrogens (tertiary/aromatic N) is 2. The predicted molar refractivity (Wildman–Crippen MR) is 113 cm³/mol. The minimum Gasteiger partial charge on any atom is -0.356 e. The monoisotopic (exact) mass is 427 g/mol. The molecule has 158 valence electrons. The van der Waals surface area contributed by atoms with Crippen LogP contribution >= 0.6 is 11.3 Å². The molecule has 2 fully saturated rings. The van der Waals surface area contributed by atoms with Crippen molar-refractivity contribution in [3.05, 3.63) is 17.5 Å². The van der Waals surface area contributed by atoms with Crippen LogP contribution < -0.4 is 5.32 Å². The SMILES string of the molecule is C[C@@H]1C[C@@H](C)CN(CCCNC(=O)[C@@H]2CCCN(S(=O)(=O)c3cccs3)C2)C1. The van der Waals surface area contributed by atoms with Gasteiger partial charge in [-0.25, -0.2) is 8.42 Å². The fraction of sp³-hybridized carbons (Fsp3) is 0.750.